The van der Waals surface area contributed by atoms with E-state index in [9.17, 15) is 18.0 Å². The summed E-state index contributed by atoms with van der Waals surface area (Å²) in [5.41, 5.74) is 0. The molecule has 1 aliphatic heterocycles. The lowest BCUT2D eigenvalue weighted by Crippen LogP contribution is -2.37. The van der Waals surface area contributed by atoms with Gasteiger partial charge in [0.1, 0.15) is 0 Å². The molecule has 1 fully saturated rings. The second kappa shape index (κ2) is 3.53. The zero-order chi connectivity index (χ0) is 10.1. The van der Waals surface area contributed by atoms with Crippen molar-refractivity contribution >= 4 is 5.97 Å². The number of carbonyl (C=O) groups is 1. The summed E-state index contributed by atoms with van der Waals surface area (Å²) in [5.74, 6) is -2.71. The Morgan fingerprint density at radius 3 is 2.62 bits per heavy atom. The molecular formula is C7H10F3NO2. The van der Waals surface area contributed by atoms with Gasteiger partial charge in [-0.1, -0.05) is 0 Å². The van der Waals surface area contributed by atoms with Gasteiger partial charge in [0, 0.05) is 6.04 Å². The zero-order valence-corrected chi connectivity index (χ0v) is 6.77. The highest BCUT2D eigenvalue weighted by Gasteiger charge is 2.47. The molecule has 1 saturated heterocycles. The van der Waals surface area contributed by atoms with Crippen molar-refractivity contribution in [3.8, 4) is 0 Å². The average molecular weight is 197 g/mol. The molecular weight excluding hydrogens is 187 g/mol. The minimum Gasteiger partial charge on any atom is -0.481 e. The van der Waals surface area contributed by atoms with Gasteiger partial charge < -0.3 is 10.4 Å². The Labute approximate surface area is 72.9 Å². The third kappa shape index (κ3) is 2.58. The van der Waals surface area contributed by atoms with Crippen molar-refractivity contribution in [3.63, 3.8) is 0 Å². The van der Waals surface area contributed by atoms with Gasteiger partial charge in [-0.25, -0.2) is 0 Å². The van der Waals surface area contributed by atoms with Gasteiger partial charge in [-0.2, -0.15) is 13.2 Å². The number of hydrogen-bond donors (Lipinski definition) is 2. The number of carboxylic acid groups (broad SMARTS) is 1. The van der Waals surface area contributed by atoms with Crippen LogP contribution in [-0.2, 0) is 4.79 Å². The summed E-state index contributed by atoms with van der Waals surface area (Å²) in [6.07, 6.45) is -4.78. The van der Waals surface area contributed by atoms with E-state index in [1.54, 1.807) is 0 Å². The van der Waals surface area contributed by atoms with Gasteiger partial charge in [0.05, 0.1) is 12.3 Å². The van der Waals surface area contributed by atoms with Crippen molar-refractivity contribution in [3.05, 3.63) is 0 Å². The van der Waals surface area contributed by atoms with Crippen LogP contribution < -0.4 is 5.32 Å². The fourth-order valence-electron chi connectivity index (χ4n) is 1.56. The highest BCUT2D eigenvalue weighted by molar-refractivity contribution is 5.67. The molecule has 0 aromatic rings. The van der Waals surface area contributed by atoms with Gasteiger partial charge in [0.2, 0.25) is 0 Å². The van der Waals surface area contributed by atoms with Crippen molar-refractivity contribution < 1.29 is 23.1 Å². The van der Waals surface area contributed by atoms with E-state index in [0.29, 0.717) is 0 Å². The molecule has 2 atom stereocenters. The molecule has 13 heavy (non-hydrogen) atoms. The van der Waals surface area contributed by atoms with Crippen molar-refractivity contribution in [1.82, 2.24) is 5.32 Å². The minimum atomic E-state index is -4.29. The van der Waals surface area contributed by atoms with E-state index in [2.05, 4.69) is 5.32 Å². The molecule has 1 aliphatic rings. The number of rotatable bonds is 2. The highest BCUT2D eigenvalue weighted by atomic mass is 19.4. The first-order valence-electron chi connectivity index (χ1n) is 3.93. The molecule has 0 spiro atoms. The van der Waals surface area contributed by atoms with Crippen LogP contribution in [0.4, 0.5) is 13.2 Å². The zero-order valence-electron chi connectivity index (χ0n) is 6.77. The number of alkyl halides is 3. The third-order valence-corrected chi connectivity index (χ3v) is 2.16. The lowest BCUT2D eigenvalue weighted by atomic mass is 9.98. The van der Waals surface area contributed by atoms with Crippen molar-refractivity contribution in [2.75, 3.05) is 6.54 Å². The average Bonchev–Trinajstić information content (AvgIpc) is 2.31. The monoisotopic (exact) mass is 197 g/mol. The SMILES string of the molecule is O=C(O)CC1NCCC1C(F)(F)F. The molecule has 0 aromatic carbocycles. The maximum atomic E-state index is 12.2. The van der Waals surface area contributed by atoms with Crippen molar-refractivity contribution in [1.29, 1.82) is 0 Å². The molecule has 0 radical (unpaired) electrons. The van der Waals surface area contributed by atoms with Crippen LogP contribution in [0.2, 0.25) is 0 Å². The Morgan fingerprint density at radius 1 is 1.54 bits per heavy atom. The number of carboxylic acids is 1. The van der Waals surface area contributed by atoms with Crippen LogP contribution in [0.3, 0.4) is 0 Å². The van der Waals surface area contributed by atoms with Gasteiger partial charge >= 0.3 is 12.1 Å². The summed E-state index contributed by atoms with van der Waals surface area (Å²) in [6.45, 7) is 0.238. The van der Waals surface area contributed by atoms with Crippen LogP contribution in [0.15, 0.2) is 0 Å². The van der Waals surface area contributed by atoms with Crippen LogP contribution >= 0.6 is 0 Å². The quantitative estimate of drug-likeness (QED) is 0.694. The molecule has 0 amide bonds. The van der Waals surface area contributed by atoms with E-state index in [0.717, 1.165) is 0 Å². The van der Waals surface area contributed by atoms with Gasteiger partial charge in [0.15, 0.2) is 0 Å². The van der Waals surface area contributed by atoms with Crippen molar-refractivity contribution in [2.24, 2.45) is 5.92 Å². The summed E-state index contributed by atoms with van der Waals surface area (Å²) in [5, 5.41) is 10.9. The van der Waals surface area contributed by atoms with Crippen LogP contribution in [0.5, 0.6) is 0 Å². The Hall–Kier alpha value is -0.780. The van der Waals surface area contributed by atoms with E-state index in [4.69, 9.17) is 5.11 Å². The maximum absolute atomic E-state index is 12.2. The topological polar surface area (TPSA) is 49.3 Å². The summed E-state index contributed by atoms with van der Waals surface area (Å²) in [7, 11) is 0. The Morgan fingerprint density at radius 2 is 2.15 bits per heavy atom. The lowest BCUT2D eigenvalue weighted by Gasteiger charge is -2.20. The Balaban J connectivity index is 2.59. The predicted octanol–water partition coefficient (Wildman–Crippen LogP) is 1.00. The highest BCUT2D eigenvalue weighted by Crippen LogP contribution is 2.35. The second-order valence-electron chi connectivity index (χ2n) is 3.10. The molecule has 2 N–H and O–H groups in total. The molecule has 0 aliphatic carbocycles. The Bertz CT molecular complexity index is 204. The van der Waals surface area contributed by atoms with Crippen molar-refractivity contribution in [2.45, 2.75) is 25.1 Å². The van der Waals surface area contributed by atoms with E-state index in [1.165, 1.54) is 0 Å². The smallest absolute Gasteiger partial charge is 0.393 e. The lowest BCUT2D eigenvalue weighted by molar-refractivity contribution is -0.177. The first-order valence-corrected chi connectivity index (χ1v) is 3.93. The van der Waals surface area contributed by atoms with E-state index < -0.39 is 30.5 Å². The summed E-state index contributed by atoms with van der Waals surface area (Å²) in [6, 6.07) is -0.961. The largest absolute Gasteiger partial charge is 0.481 e. The summed E-state index contributed by atoms with van der Waals surface area (Å²) < 4.78 is 36.7. The number of aliphatic carboxylic acids is 1. The van der Waals surface area contributed by atoms with Crippen LogP contribution in [-0.4, -0.2) is 29.8 Å². The van der Waals surface area contributed by atoms with Crippen LogP contribution in [0.1, 0.15) is 12.8 Å². The maximum Gasteiger partial charge on any atom is 0.393 e. The van der Waals surface area contributed by atoms with Gasteiger partial charge in [-0.05, 0) is 13.0 Å². The first-order chi connectivity index (χ1) is 5.91. The van der Waals surface area contributed by atoms with E-state index >= 15 is 0 Å². The molecule has 1 rings (SSSR count). The van der Waals surface area contributed by atoms with E-state index in [-0.39, 0.29) is 13.0 Å². The summed E-state index contributed by atoms with van der Waals surface area (Å²) >= 11 is 0. The fourth-order valence-corrected chi connectivity index (χ4v) is 1.56. The molecule has 1 heterocycles. The fraction of sp³-hybridized carbons (Fsp3) is 0.857. The van der Waals surface area contributed by atoms with Crippen LogP contribution in [0.25, 0.3) is 0 Å². The van der Waals surface area contributed by atoms with Gasteiger partial charge in [-0.3, -0.25) is 4.79 Å². The molecule has 0 aromatic heterocycles. The predicted molar refractivity (Wildman–Crippen MR) is 38.2 cm³/mol. The first kappa shape index (κ1) is 10.3. The number of nitrogens with one attached hydrogen (secondary N) is 1. The molecule has 76 valence electrons. The van der Waals surface area contributed by atoms with Crippen LogP contribution in [0, 0.1) is 5.92 Å². The number of hydrogen-bond acceptors (Lipinski definition) is 2. The van der Waals surface area contributed by atoms with Gasteiger partial charge in [0.25, 0.3) is 0 Å². The minimum absolute atomic E-state index is 0.0263. The van der Waals surface area contributed by atoms with Gasteiger partial charge in [-0.15, -0.1) is 0 Å². The Kier molecular flexibility index (Phi) is 2.80. The molecule has 3 nitrogen and oxygen atoms in total. The standard InChI is InChI=1S/C7H10F3NO2/c8-7(9,10)4-1-2-11-5(4)3-6(12)13/h4-5,11H,1-3H2,(H,12,13). The third-order valence-electron chi connectivity index (χ3n) is 2.16. The van der Waals surface area contributed by atoms with E-state index in [1.807, 2.05) is 0 Å². The molecule has 6 heteroatoms. The molecule has 2 unspecified atom stereocenters. The summed E-state index contributed by atoms with van der Waals surface area (Å²) in [4.78, 5) is 10.2. The normalized spacial score (nSPS) is 29.2. The molecule has 0 saturated carbocycles. The second-order valence-corrected chi connectivity index (χ2v) is 3.10. The number of halogens is 3. The molecule has 0 bridgehead atoms.